The van der Waals surface area contributed by atoms with Gasteiger partial charge < -0.3 is 15.0 Å². The summed E-state index contributed by atoms with van der Waals surface area (Å²) in [4.78, 5) is 4.53. The highest BCUT2D eigenvalue weighted by Gasteiger charge is 2.36. The van der Waals surface area contributed by atoms with E-state index >= 15 is 0 Å². The minimum absolute atomic E-state index is 0.120. The van der Waals surface area contributed by atoms with Crippen LogP contribution in [-0.2, 0) is 5.54 Å². The fourth-order valence-corrected chi connectivity index (χ4v) is 2.92. The van der Waals surface area contributed by atoms with Crippen molar-refractivity contribution in [3.05, 3.63) is 18.2 Å². The topological polar surface area (TPSA) is 53.1 Å². The van der Waals surface area contributed by atoms with Crippen molar-refractivity contribution in [1.29, 1.82) is 0 Å². The van der Waals surface area contributed by atoms with Gasteiger partial charge in [-0.25, -0.2) is 4.98 Å². The van der Waals surface area contributed by atoms with Crippen molar-refractivity contribution in [2.45, 2.75) is 51.7 Å². The molecular weight excluding hydrogens is 238 g/mol. The SMILES string of the molecule is CC(C)Oc1cccc2c1nc(N)n2C1(C)CCC1. The van der Waals surface area contributed by atoms with Gasteiger partial charge in [0.15, 0.2) is 0 Å². The molecule has 0 saturated heterocycles. The van der Waals surface area contributed by atoms with E-state index in [-0.39, 0.29) is 11.6 Å². The summed E-state index contributed by atoms with van der Waals surface area (Å²) in [7, 11) is 0. The van der Waals surface area contributed by atoms with Crippen LogP contribution in [0.1, 0.15) is 40.0 Å². The van der Waals surface area contributed by atoms with Crippen LogP contribution in [0.4, 0.5) is 5.95 Å². The van der Waals surface area contributed by atoms with Crippen LogP contribution >= 0.6 is 0 Å². The number of hydrogen-bond acceptors (Lipinski definition) is 3. The average Bonchev–Trinajstić information content (AvgIpc) is 2.63. The zero-order valence-corrected chi connectivity index (χ0v) is 11.8. The highest BCUT2D eigenvalue weighted by molar-refractivity contribution is 5.84. The monoisotopic (exact) mass is 259 g/mol. The molecule has 1 aliphatic carbocycles. The summed E-state index contributed by atoms with van der Waals surface area (Å²) < 4.78 is 8.01. The molecule has 0 radical (unpaired) electrons. The lowest BCUT2D eigenvalue weighted by molar-refractivity contribution is 0.177. The molecule has 1 heterocycles. The van der Waals surface area contributed by atoms with E-state index in [9.17, 15) is 0 Å². The predicted molar refractivity (Wildman–Crippen MR) is 77.4 cm³/mol. The first-order chi connectivity index (χ1) is 9.01. The minimum Gasteiger partial charge on any atom is -0.489 e. The zero-order chi connectivity index (χ0) is 13.6. The lowest BCUT2D eigenvalue weighted by Crippen LogP contribution is -2.37. The summed E-state index contributed by atoms with van der Waals surface area (Å²) in [6, 6.07) is 6.05. The highest BCUT2D eigenvalue weighted by atomic mass is 16.5. The Kier molecular flexibility index (Phi) is 2.69. The van der Waals surface area contributed by atoms with Gasteiger partial charge in [-0.2, -0.15) is 0 Å². The van der Waals surface area contributed by atoms with Crippen LogP contribution in [0, 0.1) is 0 Å². The number of anilines is 1. The maximum absolute atomic E-state index is 6.14. The first-order valence-electron chi connectivity index (χ1n) is 6.95. The maximum atomic E-state index is 6.14. The lowest BCUT2D eigenvalue weighted by atomic mass is 9.78. The summed E-state index contributed by atoms with van der Waals surface area (Å²) in [5, 5.41) is 0. The van der Waals surface area contributed by atoms with Crippen LogP contribution in [-0.4, -0.2) is 15.7 Å². The van der Waals surface area contributed by atoms with Gasteiger partial charge in [0.2, 0.25) is 5.95 Å². The quantitative estimate of drug-likeness (QED) is 0.920. The largest absolute Gasteiger partial charge is 0.489 e. The second-order valence-corrected chi connectivity index (χ2v) is 5.95. The van der Waals surface area contributed by atoms with Gasteiger partial charge in [0.05, 0.1) is 11.6 Å². The smallest absolute Gasteiger partial charge is 0.201 e. The van der Waals surface area contributed by atoms with Crippen LogP contribution in [0.25, 0.3) is 11.0 Å². The fourth-order valence-electron chi connectivity index (χ4n) is 2.92. The standard InChI is InChI=1S/C15H21N3O/c1-10(2)19-12-7-4-6-11-13(12)17-14(16)18(11)15(3)8-5-9-15/h4,6-7,10H,5,8-9H2,1-3H3,(H2,16,17). The number of aromatic nitrogens is 2. The van der Waals surface area contributed by atoms with Crippen molar-refractivity contribution >= 4 is 17.0 Å². The van der Waals surface area contributed by atoms with E-state index in [1.54, 1.807) is 0 Å². The molecule has 0 atom stereocenters. The summed E-state index contributed by atoms with van der Waals surface area (Å²) in [5.74, 6) is 1.41. The average molecular weight is 259 g/mol. The number of nitrogens with zero attached hydrogens (tertiary/aromatic N) is 2. The van der Waals surface area contributed by atoms with Crippen LogP contribution in [0.15, 0.2) is 18.2 Å². The van der Waals surface area contributed by atoms with Crippen LogP contribution in [0.3, 0.4) is 0 Å². The molecule has 1 aromatic carbocycles. The Morgan fingerprint density at radius 2 is 2.11 bits per heavy atom. The maximum Gasteiger partial charge on any atom is 0.201 e. The van der Waals surface area contributed by atoms with Crippen molar-refractivity contribution in [3.8, 4) is 5.75 Å². The number of imidazole rings is 1. The van der Waals surface area contributed by atoms with Crippen molar-refractivity contribution < 1.29 is 4.74 Å². The zero-order valence-electron chi connectivity index (χ0n) is 11.8. The third-order valence-electron chi connectivity index (χ3n) is 4.01. The second-order valence-electron chi connectivity index (χ2n) is 5.95. The Hall–Kier alpha value is -1.71. The van der Waals surface area contributed by atoms with E-state index in [4.69, 9.17) is 10.5 Å². The molecule has 19 heavy (non-hydrogen) atoms. The Morgan fingerprint density at radius 3 is 2.68 bits per heavy atom. The van der Waals surface area contributed by atoms with Crippen LogP contribution in [0.2, 0.25) is 0 Å². The molecule has 4 heteroatoms. The molecule has 1 saturated carbocycles. The Labute approximate surface area is 113 Å². The summed E-state index contributed by atoms with van der Waals surface area (Å²) in [6.07, 6.45) is 3.73. The van der Waals surface area contributed by atoms with Crippen molar-refractivity contribution in [1.82, 2.24) is 9.55 Å². The molecule has 2 N–H and O–H groups in total. The molecule has 1 aliphatic rings. The van der Waals surface area contributed by atoms with E-state index in [0.29, 0.717) is 5.95 Å². The van der Waals surface area contributed by atoms with Gasteiger partial charge in [0, 0.05) is 5.54 Å². The number of ether oxygens (including phenoxy) is 1. The molecule has 0 bridgehead atoms. The van der Waals surface area contributed by atoms with Gasteiger partial charge in [-0.05, 0) is 52.2 Å². The molecule has 3 rings (SSSR count). The molecule has 102 valence electrons. The molecule has 4 nitrogen and oxygen atoms in total. The van der Waals surface area contributed by atoms with Crippen molar-refractivity contribution in [2.75, 3.05) is 5.73 Å². The summed E-state index contributed by atoms with van der Waals surface area (Å²) in [5.41, 5.74) is 8.22. The minimum atomic E-state index is 0.120. The van der Waals surface area contributed by atoms with E-state index in [2.05, 4.69) is 22.5 Å². The Bertz CT molecular complexity index is 611. The lowest BCUT2D eigenvalue weighted by Gasteiger charge is -2.40. The number of fused-ring (bicyclic) bond motifs is 1. The first kappa shape index (κ1) is 12.3. The summed E-state index contributed by atoms with van der Waals surface area (Å²) >= 11 is 0. The molecule has 0 unspecified atom stereocenters. The van der Waals surface area contributed by atoms with E-state index in [1.807, 2.05) is 26.0 Å². The second kappa shape index (κ2) is 4.15. The van der Waals surface area contributed by atoms with Gasteiger partial charge in [-0.1, -0.05) is 6.07 Å². The van der Waals surface area contributed by atoms with Gasteiger partial charge in [-0.3, -0.25) is 0 Å². The third-order valence-corrected chi connectivity index (χ3v) is 4.01. The molecule has 0 aliphatic heterocycles. The van der Waals surface area contributed by atoms with Crippen LogP contribution < -0.4 is 10.5 Å². The van der Waals surface area contributed by atoms with Gasteiger partial charge in [0.25, 0.3) is 0 Å². The van der Waals surface area contributed by atoms with Gasteiger partial charge in [0.1, 0.15) is 11.3 Å². The Balaban J connectivity index is 2.17. The number of hydrogen-bond donors (Lipinski definition) is 1. The third kappa shape index (κ3) is 1.86. The van der Waals surface area contributed by atoms with E-state index in [0.717, 1.165) is 29.6 Å². The number of nitrogens with two attached hydrogens (primary N) is 1. The van der Waals surface area contributed by atoms with E-state index in [1.165, 1.54) is 6.42 Å². The fraction of sp³-hybridized carbons (Fsp3) is 0.533. The molecule has 1 aromatic heterocycles. The number of rotatable bonds is 3. The molecule has 0 spiro atoms. The molecular formula is C15H21N3O. The van der Waals surface area contributed by atoms with Gasteiger partial charge >= 0.3 is 0 Å². The van der Waals surface area contributed by atoms with Crippen molar-refractivity contribution in [2.24, 2.45) is 0 Å². The predicted octanol–water partition coefficient (Wildman–Crippen LogP) is 3.30. The molecule has 1 fully saturated rings. The Morgan fingerprint density at radius 1 is 1.37 bits per heavy atom. The normalized spacial score (nSPS) is 17.7. The van der Waals surface area contributed by atoms with Crippen LogP contribution in [0.5, 0.6) is 5.75 Å². The molecule has 2 aromatic rings. The van der Waals surface area contributed by atoms with Gasteiger partial charge in [-0.15, -0.1) is 0 Å². The summed E-state index contributed by atoms with van der Waals surface area (Å²) in [6.45, 7) is 6.29. The van der Waals surface area contributed by atoms with E-state index < -0.39 is 0 Å². The van der Waals surface area contributed by atoms with Crippen molar-refractivity contribution in [3.63, 3.8) is 0 Å². The highest BCUT2D eigenvalue weighted by Crippen LogP contribution is 2.43. The number of benzene rings is 1. The number of para-hydroxylation sites is 1. The number of nitrogen functional groups attached to an aromatic ring is 1. The first-order valence-corrected chi connectivity index (χ1v) is 6.95. The molecule has 0 amide bonds.